The van der Waals surface area contributed by atoms with E-state index < -0.39 is 17.9 Å². The van der Waals surface area contributed by atoms with E-state index in [0.717, 1.165) is 5.56 Å². The zero-order chi connectivity index (χ0) is 20.8. The fraction of sp³-hybridized carbons (Fsp3) is 0.273. The largest absolute Gasteiger partial charge is 0.487 e. The molecular weight excluding hydrogens is 377 g/mol. The van der Waals surface area contributed by atoms with Crippen molar-refractivity contribution >= 4 is 5.97 Å². The Labute approximate surface area is 167 Å². The molecule has 1 atom stereocenters. The van der Waals surface area contributed by atoms with E-state index in [1.165, 1.54) is 12.1 Å². The number of rotatable bonds is 9. The zero-order valence-electron chi connectivity index (χ0n) is 16.2. The quantitative estimate of drug-likeness (QED) is 0.574. The molecule has 0 aliphatic heterocycles. The van der Waals surface area contributed by atoms with Crippen LogP contribution < -0.4 is 4.74 Å². The van der Waals surface area contributed by atoms with Crippen LogP contribution in [0.1, 0.15) is 23.9 Å². The van der Waals surface area contributed by atoms with Gasteiger partial charge in [0.15, 0.2) is 6.10 Å². The molecule has 1 heterocycles. The number of ether oxygens (including phenoxy) is 2. The van der Waals surface area contributed by atoms with Gasteiger partial charge in [0.1, 0.15) is 29.6 Å². The summed E-state index contributed by atoms with van der Waals surface area (Å²) in [6, 6.07) is 13.8. The Kier molecular flexibility index (Phi) is 6.61. The lowest BCUT2D eigenvalue weighted by Gasteiger charge is -2.13. The highest BCUT2D eigenvalue weighted by Crippen LogP contribution is 2.24. The van der Waals surface area contributed by atoms with E-state index in [1.54, 1.807) is 19.9 Å². The van der Waals surface area contributed by atoms with Gasteiger partial charge in [-0.3, -0.25) is 0 Å². The average molecular weight is 399 g/mol. The molecule has 7 heteroatoms. The summed E-state index contributed by atoms with van der Waals surface area (Å²) in [6.45, 7) is 3.85. The number of halogens is 1. The molecule has 1 N–H and O–H groups in total. The van der Waals surface area contributed by atoms with E-state index in [4.69, 9.17) is 19.0 Å². The van der Waals surface area contributed by atoms with Crippen LogP contribution in [0, 0.1) is 12.7 Å². The molecule has 29 heavy (non-hydrogen) atoms. The van der Waals surface area contributed by atoms with E-state index in [2.05, 4.69) is 4.98 Å². The number of carboxylic acid groups (broad SMARTS) is 1. The summed E-state index contributed by atoms with van der Waals surface area (Å²) in [5.41, 5.74) is 1.73. The summed E-state index contributed by atoms with van der Waals surface area (Å²) in [4.78, 5) is 15.6. The number of carboxylic acids is 1. The summed E-state index contributed by atoms with van der Waals surface area (Å²) >= 11 is 0. The lowest BCUT2D eigenvalue weighted by Crippen LogP contribution is -2.26. The van der Waals surface area contributed by atoms with Crippen molar-refractivity contribution in [3.05, 3.63) is 71.4 Å². The van der Waals surface area contributed by atoms with E-state index in [0.29, 0.717) is 23.1 Å². The van der Waals surface area contributed by atoms with Gasteiger partial charge in [-0.05, 0) is 37.6 Å². The van der Waals surface area contributed by atoms with E-state index in [-0.39, 0.29) is 25.2 Å². The third kappa shape index (κ3) is 5.20. The fourth-order valence-electron chi connectivity index (χ4n) is 2.82. The van der Waals surface area contributed by atoms with Gasteiger partial charge >= 0.3 is 5.97 Å². The Hall–Kier alpha value is -3.19. The second kappa shape index (κ2) is 9.34. The first-order valence-electron chi connectivity index (χ1n) is 9.25. The Morgan fingerprint density at radius 1 is 1.24 bits per heavy atom. The summed E-state index contributed by atoms with van der Waals surface area (Å²) < 4.78 is 30.8. The van der Waals surface area contributed by atoms with Crippen LogP contribution in [0.25, 0.3) is 11.5 Å². The smallest absolute Gasteiger partial charge is 0.333 e. The van der Waals surface area contributed by atoms with Gasteiger partial charge in [-0.1, -0.05) is 24.3 Å². The highest BCUT2D eigenvalue weighted by atomic mass is 19.1. The Morgan fingerprint density at radius 3 is 2.66 bits per heavy atom. The lowest BCUT2D eigenvalue weighted by molar-refractivity contribution is -0.150. The number of carbonyl (C=O) groups is 1. The molecule has 0 bridgehead atoms. The molecule has 0 amide bonds. The molecule has 0 spiro atoms. The SMILES string of the molecule is CCOC(Cc1ccc(OCc2nc(-c3ccccc3)oc2C)cc1F)C(=O)O. The minimum absolute atomic E-state index is 0.0574. The van der Waals surface area contributed by atoms with Crippen LogP contribution in [0.15, 0.2) is 52.9 Å². The van der Waals surface area contributed by atoms with Crippen molar-refractivity contribution in [1.82, 2.24) is 4.98 Å². The Morgan fingerprint density at radius 2 is 2.00 bits per heavy atom. The van der Waals surface area contributed by atoms with Gasteiger partial charge in [0.2, 0.25) is 5.89 Å². The van der Waals surface area contributed by atoms with Crippen LogP contribution in [0.3, 0.4) is 0 Å². The molecule has 0 saturated heterocycles. The molecule has 0 fully saturated rings. The van der Waals surface area contributed by atoms with Crippen LogP contribution in [0.2, 0.25) is 0 Å². The maximum Gasteiger partial charge on any atom is 0.333 e. The third-order valence-electron chi connectivity index (χ3n) is 4.36. The molecule has 2 aromatic carbocycles. The van der Waals surface area contributed by atoms with Crippen LogP contribution in [0.5, 0.6) is 5.75 Å². The summed E-state index contributed by atoms with van der Waals surface area (Å²) in [5, 5.41) is 9.14. The molecule has 3 aromatic rings. The molecule has 0 radical (unpaired) electrons. The van der Waals surface area contributed by atoms with E-state index in [9.17, 15) is 9.18 Å². The van der Waals surface area contributed by atoms with Gasteiger partial charge in [0.25, 0.3) is 0 Å². The van der Waals surface area contributed by atoms with Crippen LogP contribution >= 0.6 is 0 Å². The number of oxazole rings is 1. The molecule has 6 nitrogen and oxygen atoms in total. The minimum atomic E-state index is -1.12. The first kappa shape index (κ1) is 20.5. The van der Waals surface area contributed by atoms with E-state index in [1.807, 2.05) is 30.3 Å². The van der Waals surface area contributed by atoms with Gasteiger partial charge in [0.05, 0.1) is 0 Å². The number of nitrogens with zero attached hydrogens (tertiary/aromatic N) is 1. The molecule has 3 rings (SSSR count). The van der Waals surface area contributed by atoms with Crippen molar-refractivity contribution in [2.24, 2.45) is 0 Å². The maximum absolute atomic E-state index is 14.4. The number of benzene rings is 2. The molecule has 0 aliphatic rings. The first-order valence-corrected chi connectivity index (χ1v) is 9.25. The Balaban J connectivity index is 1.67. The maximum atomic E-state index is 14.4. The van der Waals surface area contributed by atoms with Crippen molar-refractivity contribution in [2.45, 2.75) is 33.0 Å². The van der Waals surface area contributed by atoms with Gasteiger partial charge in [-0.25, -0.2) is 14.2 Å². The number of aliphatic carboxylic acids is 1. The minimum Gasteiger partial charge on any atom is -0.487 e. The summed E-state index contributed by atoms with van der Waals surface area (Å²) in [6.07, 6.45) is -1.14. The second-order valence-electron chi connectivity index (χ2n) is 6.42. The van der Waals surface area contributed by atoms with Crippen molar-refractivity contribution in [3.63, 3.8) is 0 Å². The van der Waals surface area contributed by atoms with Crippen molar-refractivity contribution in [1.29, 1.82) is 0 Å². The molecule has 1 unspecified atom stereocenters. The van der Waals surface area contributed by atoms with Crippen molar-refractivity contribution in [3.8, 4) is 17.2 Å². The highest BCUT2D eigenvalue weighted by molar-refractivity contribution is 5.72. The standard InChI is InChI=1S/C22H22FNO5/c1-3-27-20(22(25)26)11-16-9-10-17(12-18(16)23)28-13-19-14(2)29-21(24-19)15-7-5-4-6-8-15/h4-10,12,20H,3,11,13H2,1-2H3,(H,25,26). The van der Waals surface area contributed by atoms with Crippen LogP contribution in [-0.2, 0) is 22.6 Å². The monoisotopic (exact) mass is 399 g/mol. The average Bonchev–Trinajstić information content (AvgIpc) is 3.09. The number of aryl methyl sites for hydroxylation is 1. The first-order chi connectivity index (χ1) is 14.0. The number of aromatic nitrogens is 1. The summed E-state index contributed by atoms with van der Waals surface area (Å²) in [5.74, 6) is -0.225. The van der Waals surface area contributed by atoms with Crippen molar-refractivity contribution < 1.29 is 28.2 Å². The molecule has 0 saturated carbocycles. The van der Waals surface area contributed by atoms with Gasteiger partial charge in [0, 0.05) is 24.7 Å². The Bertz CT molecular complexity index is 971. The van der Waals surface area contributed by atoms with Gasteiger partial charge in [-0.2, -0.15) is 0 Å². The van der Waals surface area contributed by atoms with E-state index >= 15 is 0 Å². The normalized spacial score (nSPS) is 12.0. The number of hydrogen-bond acceptors (Lipinski definition) is 5. The highest BCUT2D eigenvalue weighted by Gasteiger charge is 2.20. The van der Waals surface area contributed by atoms with Crippen LogP contribution in [-0.4, -0.2) is 28.8 Å². The van der Waals surface area contributed by atoms with Gasteiger partial charge in [-0.15, -0.1) is 0 Å². The topological polar surface area (TPSA) is 81.8 Å². The molecular formula is C22H22FNO5. The second-order valence-corrected chi connectivity index (χ2v) is 6.42. The predicted molar refractivity (Wildman–Crippen MR) is 104 cm³/mol. The molecule has 0 aliphatic carbocycles. The van der Waals surface area contributed by atoms with Crippen LogP contribution in [0.4, 0.5) is 4.39 Å². The molecule has 1 aromatic heterocycles. The third-order valence-corrected chi connectivity index (χ3v) is 4.36. The van der Waals surface area contributed by atoms with Crippen molar-refractivity contribution in [2.75, 3.05) is 6.61 Å². The lowest BCUT2D eigenvalue weighted by atomic mass is 10.1. The molecule has 152 valence electrons. The predicted octanol–water partition coefficient (Wildman–Crippen LogP) is 4.40. The van der Waals surface area contributed by atoms with Gasteiger partial charge < -0.3 is 19.0 Å². The zero-order valence-corrected chi connectivity index (χ0v) is 16.2. The summed E-state index contributed by atoms with van der Waals surface area (Å²) in [7, 11) is 0. The fourth-order valence-corrected chi connectivity index (χ4v) is 2.82. The number of hydrogen-bond donors (Lipinski definition) is 1.